The van der Waals surface area contributed by atoms with Crippen molar-refractivity contribution >= 4 is 35.0 Å². The minimum atomic E-state index is 0.239. The topological polar surface area (TPSA) is 27.6 Å². The van der Waals surface area contributed by atoms with Crippen LogP contribution in [0.1, 0.15) is 43.4 Å². The van der Waals surface area contributed by atoms with Gasteiger partial charge in [-0.05, 0) is 69.2 Å². The number of rotatable bonds is 14. The first-order valence-corrected chi connectivity index (χ1v) is 15.0. The van der Waals surface area contributed by atoms with E-state index in [1.54, 1.807) is 0 Å². The Labute approximate surface area is 228 Å². The first-order valence-electron chi connectivity index (χ1n) is 12.6. The third-order valence-electron chi connectivity index (χ3n) is 5.91. The molecule has 1 unspecified atom stereocenters. The van der Waals surface area contributed by atoms with Crippen LogP contribution >= 0.6 is 23.5 Å². The zero-order valence-corrected chi connectivity index (χ0v) is 24.5. The molecule has 1 atom stereocenters. The van der Waals surface area contributed by atoms with E-state index in [-0.39, 0.29) is 5.37 Å². The Balaban J connectivity index is 2.08. The predicted molar refractivity (Wildman–Crippen MR) is 167 cm³/mol. The smallest absolute Gasteiger partial charge is 0.104 e. The average Bonchev–Trinajstić information content (AvgIpc) is 2.87. The van der Waals surface area contributed by atoms with Gasteiger partial charge in [0.1, 0.15) is 5.84 Å². The van der Waals surface area contributed by atoms with Crippen LogP contribution in [0.3, 0.4) is 0 Å². The highest BCUT2D eigenvalue weighted by molar-refractivity contribution is 7.99. The van der Waals surface area contributed by atoms with Crippen molar-refractivity contribution in [2.24, 2.45) is 4.99 Å². The Morgan fingerprint density at radius 3 is 2.47 bits per heavy atom. The second kappa shape index (κ2) is 16.4. The highest BCUT2D eigenvalue weighted by Gasteiger charge is 2.21. The molecule has 1 N–H and O–H groups in total. The van der Waals surface area contributed by atoms with Gasteiger partial charge in [0.15, 0.2) is 0 Å². The van der Waals surface area contributed by atoms with E-state index in [0.717, 1.165) is 42.4 Å². The van der Waals surface area contributed by atoms with E-state index in [0.29, 0.717) is 0 Å². The summed E-state index contributed by atoms with van der Waals surface area (Å²) in [6, 6.07) is 17.5. The number of nitrogens with zero attached hydrogens (tertiary/aromatic N) is 2. The molecule has 0 fully saturated rings. The van der Waals surface area contributed by atoms with E-state index in [1.165, 1.54) is 28.0 Å². The molecule has 0 aliphatic heterocycles. The lowest BCUT2D eigenvalue weighted by Gasteiger charge is -2.32. The van der Waals surface area contributed by atoms with Gasteiger partial charge in [-0.25, -0.2) is 0 Å². The van der Waals surface area contributed by atoms with Gasteiger partial charge in [0, 0.05) is 42.9 Å². The minimum Gasteiger partial charge on any atom is -0.385 e. The van der Waals surface area contributed by atoms with Gasteiger partial charge in [0.05, 0.1) is 5.37 Å². The van der Waals surface area contributed by atoms with E-state index in [4.69, 9.17) is 4.99 Å². The number of hydrogen-bond donors (Lipinski definition) is 1. The SMILES string of the molecule is C=C(CCC(=NC)N(c1cccc(C)c1)C(C)SCc1cccc(C)c1)NCC(/C=C\CSC)=C/C. The Bertz CT molecular complexity index is 1060. The van der Waals surface area contributed by atoms with Crippen molar-refractivity contribution in [1.29, 1.82) is 0 Å². The fourth-order valence-corrected chi connectivity index (χ4v) is 5.21. The lowest BCUT2D eigenvalue weighted by Crippen LogP contribution is -2.37. The lowest BCUT2D eigenvalue weighted by atomic mass is 10.1. The number of aryl methyl sites for hydroxylation is 2. The van der Waals surface area contributed by atoms with Gasteiger partial charge in [-0.2, -0.15) is 11.8 Å². The first-order chi connectivity index (χ1) is 17.4. The molecule has 0 spiro atoms. The van der Waals surface area contributed by atoms with E-state index >= 15 is 0 Å². The Morgan fingerprint density at radius 2 is 1.83 bits per heavy atom. The Kier molecular flexibility index (Phi) is 13.6. The van der Waals surface area contributed by atoms with Crippen LogP contribution < -0.4 is 10.2 Å². The van der Waals surface area contributed by atoms with Crippen molar-refractivity contribution in [3.8, 4) is 0 Å². The normalized spacial score (nSPS) is 13.2. The number of allylic oxidation sites excluding steroid dienone is 2. The van der Waals surface area contributed by atoms with Crippen LogP contribution in [0.2, 0.25) is 0 Å². The highest BCUT2D eigenvalue weighted by atomic mass is 32.2. The number of nitrogens with one attached hydrogen (secondary N) is 1. The number of aliphatic imine (C=N–C) groups is 1. The maximum atomic E-state index is 4.75. The molecule has 5 heteroatoms. The van der Waals surface area contributed by atoms with E-state index in [9.17, 15) is 0 Å². The van der Waals surface area contributed by atoms with Gasteiger partial charge in [0.25, 0.3) is 0 Å². The van der Waals surface area contributed by atoms with Gasteiger partial charge in [-0.1, -0.05) is 66.8 Å². The molecule has 0 saturated carbocycles. The molecule has 0 aliphatic rings. The van der Waals surface area contributed by atoms with Gasteiger partial charge in [-0.15, -0.1) is 11.8 Å². The van der Waals surface area contributed by atoms with Crippen LogP contribution in [0.4, 0.5) is 5.69 Å². The third kappa shape index (κ3) is 10.3. The van der Waals surface area contributed by atoms with Gasteiger partial charge in [-0.3, -0.25) is 4.99 Å². The van der Waals surface area contributed by atoms with Gasteiger partial charge >= 0.3 is 0 Å². The zero-order valence-electron chi connectivity index (χ0n) is 22.9. The molecule has 36 heavy (non-hydrogen) atoms. The van der Waals surface area contributed by atoms with Gasteiger partial charge in [0.2, 0.25) is 0 Å². The van der Waals surface area contributed by atoms with E-state index < -0.39 is 0 Å². The quantitative estimate of drug-likeness (QED) is 0.117. The Morgan fingerprint density at radius 1 is 1.11 bits per heavy atom. The Hall–Kier alpha value is -2.37. The lowest BCUT2D eigenvalue weighted by molar-refractivity contribution is 0.803. The molecule has 0 aliphatic carbocycles. The van der Waals surface area contributed by atoms with Crippen molar-refractivity contribution < 1.29 is 0 Å². The predicted octanol–water partition coefficient (Wildman–Crippen LogP) is 8.17. The van der Waals surface area contributed by atoms with Crippen molar-refractivity contribution in [3.05, 3.63) is 101 Å². The summed E-state index contributed by atoms with van der Waals surface area (Å²) in [7, 11) is 1.90. The summed E-state index contributed by atoms with van der Waals surface area (Å²) in [5.74, 6) is 3.08. The summed E-state index contributed by atoms with van der Waals surface area (Å²) in [5, 5.41) is 3.75. The summed E-state index contributed by atoms with van der Waals surface area (Å²) in [4.78, 5) is 7.15. The van der Waals surface area contributed by atoms with Crippen LogP contribution in [0.25, 0.3) is 0 Å². The molecule has 3 nitrogen and oxygen atoms in total. The number of hydrogen-bond acceptors (Lipinski definition) is 4. The number of benzene rings is 2. The summed E-state index contributed by atoms with van der Waals surface area (Å²) in [6.45, 7) is 13.7. The maximum Gasteiger partial charge on any atom is 0.104 e. The molecule has 194 valence electrons. The largest absolute Gasteiger partial charge is 0.385 e. The summed E-state index contributed by atoms with van der Waals surface area (Å²) in [5.41, 5.74) is 7.42. The van der Waals surface area contributed by atoms with Crippen molar-refractivity contribution in [1.82, 2.24) is 5.32 Å². The average molecular weight is 522 g/mol. The summed E-state index contributed by atoms with van der Waals surface area (Å²) < 4.78 is 0. The van der Waals surface area contributed by atoms with Crippen LogP contribution in [0.5, 0.6) is 0 Å². The molecule has 0 heterocycles. The van der Waals surface area contributed by atoms with Crippen LogP contribution in [-0.4, -0.2) is 36.8 Å². The van der Waals surface area contributed by atoms with Crippen LogP contribution in [0, 0.1) is 13.8 Å². The molecule has 0 bridgehead atoms. The molecular formula is C31H43N3S2. The van der Waals surface area contributed by atoms with Gasteiger partial charge < -0.3 is 10.2 Å². The summed E-state index contributed by atoms with van der Waals surface area (Å²) >= 11 is 3.77. The summed E-state index contributed by atoms with van der Waals surface area (Å²) in [6.07, 6.45) is 10.4. The fourth-order valence-electron chi connectivity index (χ4n) is 3.91. The zero-order chi connectivity index (χ0) is 26.3. The van der Waals surface area contributed by atoms with E-state index in [1.807, 2.05) is 30.6 Å². The molecule has 2 aromatic carbocycles. The number of thioether (sulfide) groups is 2. The van der Waals surface area contributed by atoms with Crippen molar-refractivity contribution in [3.63, 3.8) is 0 Å². The van der Waals surface area contributed by atoms with Crippen LogP contribution in [-0.2, 0) is 5.75 Å². The monoisotopic (exact) mass is 521 g/mol. The molecule has 2 rings (SSSR count). The molecule has 0 radical (unpaired) electrons. The first kappa shape index (κ1) is 29.9. The fraction of sp³-hybridized carbons (Fsp3) is 0.387. The number of anilines is 1. The highest BCUT2D eigenvalue weighted by Crippen LogP contribution is 2.28. The van der Waals surface area contributed by atoms with Crippen molar-refractivity contribution in [2.75, 3.05) is 30.5 Å². The second-order valence-corrected chi connectivity index (χ2v) is 11.1. The van der Waals surface area contributed by atoms with Crippen molar-refractivity contribution in [2.45, 2.75) is 51.7 Å². The number of amidine groups is 1. The maximum absolute atomic E-state index is 4.75. The molecule has 0 aromatic heterocycles. The van der Waals surface area contributed by atoms with E-state index in [2.05, 4.69) is 118 Å². The molecule has 2 aromatic rings. The minimum absolute atomic E-state index is 0.239. The molecule has 0 saturated heterocycles. The standard InChI is InChI=1S/C31H43N3S2/c1-8-28(15-11-19-35-7)22-33-26(4)17-18-31(32-6)34(30-16-10-13-25(3)21-30)27(5)36-23-29-14-9-12-24(2)20-29/h8-16,20-21,27,33H,4,17-19,22-23H2,1-3,5-7H3/b15-11-,28-8+,32-31?. The van der Waals surface area contributed by atoms with Crippen LogP contribution in [0.15, 0.2) is 89.6 Å². The molecular weight excluding hydrogens is 478 g/mol. The third-order valence-corrected chi connectivity index (χ3v) is 7.63. The second-order valence-electron chi connectivity index (χ2n) is 8.93. The molecule has 0 amide bonds.